The van der Waals surface area contributed by atoms with E-state index >= 15 is 0 Å². The minimum atomic E-state index is 0.230. The van der Waals surface area contributed by atoms with Crippen LogP contribution in [0.15, 0.2) is 109 Å². The molecule has 2 aromatic heterocycles. The van der Waals surface area contributed by atoms with Gasteiger partial charge in [0.2, 0.25) is 0 Å². The average molecular weight is 619 g/mol. The Hall–Kier alpha value is -6.28. The van der Waals surface area contributed by atoms with Gasteiger partial charge < -0.3 is 0 Å². The van der Waals surface area contributed by atoms with Crippen LogP contribution in [0.3, 0.4) is 0 Å². The normalized spacial score (nSPS) is 11.0. The van der Waals surface area contributed by atoms with Crippen LogP contribution in [0.1, 0.15) is 22.3 Å². The van der Waals surface area contributed by atoms with Crippen molar-refractivity contribution in [2.45, 2.75) is 0 Å². The van der Waals surface area contributed by atoms with E-state index in [0.717, 1.165) is 42.1 Å². The zero-order chi connectivity index (χ0) is 31.4. The van der Waals surface area contributed by atoms with Crippen LogP contribution in [-0.4, -0.2) is 0 Å². The molecule has 8 rings (SSSR count). The summed E-state index contributed by atoms with van der Waals surface area (Å²) in [5.74, 6) is 0. The van der Waals surface area contributed by atoms with E-state index in [-0.39, 0.29) is 22.3 Å². The minimum Gasteiger partial charge on any atom is -0.192 e. The van der Waals surface area contributed by atoms with Crippen molar-refractivity contribution in [2.75, 3.05) is 0 Å². The van der Waals surface area contributed by atoms with Crippen LogP contribution in [0.4, 0.5) is 0 Å². The van der Waals surface area contributed by atoms with E-state index in [1.165, 1.54) is 9.40 Å². The number of hydrogen-bond donors (Lipinski definition) is 0. The Labute approximate surface area is 272 Å². The van der Waals surface area contributed by atoms with Gasteiger partial charge in [-0.05, 0) is 65.7 Å². The highest BCUT2D eigenvalue weighted by atomic mass is 32.1. The van der Waals surface area contributed by atoms with E-state index in [9.17, 15) is 21.0 Å². The third-order valence-electron chi connectivity index (χ3n) is 8.48. The quantitative estimate of drug-likeness (QED) is 0.197. The molecule has 0 unspecified atom stereocenters. The summed E-state index contributed by atoms with van der Waals surface area (Å²) in [5.41, 5.74) is 4.46. The van der Waals surface area contributed by atoms with Crippen LogP contribution in [0.2, 0.25) is 0 Å². The lowest BCUT2D eigenvalue weighted by molar-refractivity contribution is 1.40. The third-order valence-corrected chi connectivity index (χ3v) is 10.8. The number of fused-ring (bicyclic) bond motifs is 6. The van der Waals surface area contributed by atoms with E-state index in [1.54, 1.807) is 40.9 Å². The smallest absolute Gasteiger partial charge is 0.100 e. The fraction of sp³-hybridized carbons (Fsp3) is 0. The lowest BCUT2D eigenvalue weighted by Crippen LogP contribution is -2.01. The Morgan fingerprint density at radius 3 is 1.30 bits per heavy atom. The van der Waals surface area contributed by atoms with Crippen LogP contribution in [-0.2, 0) is 0 Å². The van der Waals surface area contributed by atoms with Crippen molar-refractivity contribution >= 4 is 63.0 Å². The molecule has 4 nitrogen and oxygen atoms in total. The summed E-state index contributed by atoms with van der Waals surface area (Å²) in [6, 6.07) is 44.8. The number of benzene rings is 6. The zero-order valence-electron chi connectivity index (χ0n) is 24.0. The highest BCUT2D eigenvalue weighted by Crippen LogP contribution is 2.45. The molecule has 0 bridgehead atoms. The maximum absolute atomic E-state index is 10.8. The fourth-order valence-corrected chi connectivity index (χ4v) is 8.59. The van der Waals surface area contributed by atoms with Gasteiger partial charge in [0.15, 0.2) is 0 Å². The molecule has 0 aliphatic carbocycles. The molecular weight excluding hydrogens is 601 g/mol. The third kappa shape index (κ3) is 4.07. The van der Waals surface area contributed by atoms with Crippen LogP contribution in [0, 0.1) is 45.3 Å². The lowest BCUT2D eigenvalue weighted by Gasteiger charge is -2.18. The first-order valence-electron chi connectivity index (χ1n) is 14.4. The highest BCUT2D eigenvalue weighted by Gasteiger charge is 2.26. The summed E-state index contributed by atoms with van der Waals surface area (Å²) < 4.78 is 4.62. The first-order valence-corrected chi connectivity index (χ1v) is 16.0. The van der Waals surface area contributed by atoms with E-state index in [1.807, 2.05) is 42.5 Å². The summed E-state index contributed by atoms with van der Waals surface area (Å²) >= 11 is 3.43. The molecule has 0 amide bonds. The van der Waals surface area contributed by atoms with Crippen molar-refractivity contribution in [3.8, 4) is 57.7 Å². The van der Waals surface area contributed by atoms with Gasteiger partial charge in [-0.15, -0.1) is 22.7 Å². The van der Waals surface area contributed by atoms with Crippen molar-refractivity contribution < 1.29 is 0 Å². The summed E-state index contributed by atoms with van der Waals surface area (Å²) in [6.45, 7) is 0. The molecule has 0 spiro atoms. The summed E-state index contributed by atoms with van der Waals surface area (Å²) in [5, 5.41) is 46.3. The van der Waals surface area contributed by atoms with E-state index in [2.05, 4.69) is 72.8 Å². The first kappa shape index (κ1) is 27.3. The molecule has 0 aliphatic rings. The van der Waals surface area contributed by atoms with Gasteiger partial charge in [0.25, 0.3) is 0 Å². The lowest BCUT2D eigenvalue weighted by atomic mass is 9.81. The van der Waals surface area contributed by atoms with Crippen molar-refractivity contribution in [1.82, 2.24) is 0 Å². The fourth-order valence-electron chi connectivity index (χ4n) is 6.42. The standard InChI is InChI=1S/C40H18N4S2/c41-19-25-6-5-7-26(20-42)39(25)40-33(21-43)29(23-12-14-37-31(16-23)27-8-1-3-10-35(27)45-37)18-30(34(40)22-44)24-13-15-38-32(17-24)28-9-2-4-11-36(28)46-38/h1-18H. The summed E-state index contributed by atoms with van der Waals surface area (Å²) in [6.07, 6.45) is 0. The molecule has 0 atom stereocenters. The molecule has 0 saturated carbocycles. The van der Waals surface area contributed by atoms with Crippen molar-refractivity contribution in [3.63, 3.8) is 0 Å². The molecule has 6 heteroatoms. The SMILES string of the molecule is N#Cc1cccc(C#N)c1-c1c(C#N)c(-c2ccc3sc4ccccc4c3c2)cc(-c2ccc3sc4ccccc4c3c2)c1C#N. The van der Waals surface area contributed by atoms with Crippen LogP contribution >= 0.6 is 22.7 Å². The molecule has 0 saturated heterocycles. The Morgan fingerprint density at radius 1 is 0.391 bits per heavy atom. The van der Waals surface area contributed by atoms with Gasteiger partial charge in [-0.2, -0.15) is 21.0 Å². The Balaban J connectivity index is 1.51. The van der Waals surface area contributed by atoms with Gasteiger partial charge in [0, 0.05) is 62.6 Å². The predicted octanol–water partition coefficient (Wildman–Crippen LogP) is 10.9. The number of nitrogens with zero attached hydrogens (tertiary/aromatic N) is 4. The average Bonchev–Trinajstić information content (AvgIpc) is 3.67. The summed E-state index contributed by atoms with van der Waals surface area (Å²) in [7, 11) is 0. The van der Waals surface area contributed by atoms with E-state index < -0.39 is 0 Å². The Morgan fingerprint density at radius 2 is 0.848 bits per heavy atom. The molecule has 0 radical (unpaired) electrons. The van der Waals surface area contributed by atoms with Crippen molar-refractivity contribution in [2.24, 2.45) is 0 Å². The molecule has 8 aromatic rings. The minimum absolute atomic E-state index is 0.230. The van der Waals surface area contributed by atoms with Crippen LogP contribution < -0.4 is 0 Å². The van der Waals surface area contributed by atoms with Gasteiger partial charge in [-0.25, -0.2) is 0 Å². The number of nitriles is 4. The van der Waals surface area contributed by atoms with Gasteiger partial charge in [0.05, 0.1) is 34.4 Å². The van der Waals surface area contributed by atoms with Crippen LogP contribution in [0.25, 0.3) is 73.7 Å². The number of rotatable bonds is 3. The molecule has 2 heterocycles. The highest BCUT2D eigenvalue weighted by molar-refractivity contribution is 7.26. The van der Waals surface area contributed by atoms with E-state index in [4.69, 9.17) is 0 Å². The largest absolute Gasteiger partial charge is 0.192 e. The summed E-state index contributed by atoms with van der Waals surface area (Å²) in [4.78, 5) is 0. The Kier molecular flexibility index (Phi) is 6.35. The predicted molar refractivity (Wildman–Crippen MR) is 187 cm³/mol. The molecule has 0 N–H and O–H groups in total. The van der Waals surface area contributed by atoms with Gasteiger partial charge in [-0.1, -0.05) is 54.6 Å². The van der Waals surface area contributed by atoms with Crippen molar-refractivity contribution in [3.05, 3.63) is 131 Å². The monoisotopic (exact) mass is 618 g/mol. The van der Waals surface area contributed by atoms with Gasteiger partial charge in [0.1, 0.15) is 12.1 Å². The number of hydrogen-bond acceptors (Lipinski definition) is 6. The second kappa shape index (κ2) is 10.7. The molecular formula is C40H18N4S2. The van der Waals surface area contributed by atoms with Gasteiger partial charge in [-0.3, -0.25) is 0 Å². The van der Waals surface area contributed by atoms with Gasteiger partial charge >= 0.3 is 0 Å². The van der Waals surface area contributed by atoms with E-state index in [0.29, 0.717) is 22.3 Å². The molecule has 210 valence electrons. The second-order valence-corrected chi connectivity index (χ2v) is 13.1. The zero-order valence-corrected chi connectivity index (χ0v) is 25.6. The Bertz CT molecular complexity index is 2570. The van der Waals surface area contributed by atoms with Crippen LogP contribution in [0.5, 0.6) is 0 Å². The van der Waals surface area contributed by atoms with Crippen molar-refractivity contribution in [1.29, 1.82) is 21.0 Å². The second-order valence-electron chi connectivity index (χ2n) is 10.9. The molecule has 46 heavy (non-hydrogen) atoms. The molecule has 0 fully saturated rings. The molecule has 0 aliphatic heterocycles. The molecule has 6 aromatic carbocycles. The maximum Gasteiger partial charge on any atom is 0.100 e. The first-order chi connectivity index (χ1) is 22.6. The number of thiophene rings is 2. The topological polar surface area (TPSA) is 95.2 Å². The maximum atomic E-state index is 10.8.